The Bertz CT molecular complexity index is 985. The Morgan fingerprint density at radius 3 is 2.50 bits per heavy atom. The number of benzene rings is 2. The second-order valence-corrected chi connectivity index (χ2v) is 6.88. The minimum atomic E-state index is -0.415. The maximum atomic E-state index is 13.0. The van der Waals surface area contributed by atoms with Crippen LogP contribution in [0.1, 0.15) is 33.3 Å². The zero-order valence-electron chi connectivity index (χ0n) is 14.5. The first-order chi connectivity index (χ1) is 12.5. The van der Waals surface area contributed by atoms with Gasteiger partial charge in [-0.25, -0.2) is 0 Å². The lowest BCUT2D eigenvalue weighted by Gasteiger charge is -2.27. The first-order valence-corrected chi connectivity index (χ1v) is 8.80. The lowest BCUT2D eigenvalue weighted by atomic mass is 10.2. The summed E-state index contributed by atoms with van der Waals surface area (Å²) < 4.78 is 0. The van der Waals surface area contributed by atoms with Gasteiger partial charge in [-0.2, -0.15) is 0 Å². The Morgan fingerprint density at radius 1 is 1.04 bits per heavy atom. The molecule has 4 nitrogen and oxygen atoms in total. The van der Waals surface area contributed by atoms with E-state index in [0.717, 1.165) is 22.5 Å². The van der Waals surface area contributed by atoms with E-state index in [1.165, 1.54) is 0 Å². The number of nitrogens with zero attached hydrogens (tertiary/aromatic N) is 2. The van der Waals surface area contributed by atoms with Crippen LogP contribution in [0.4, 0.5) is 11.4 Å². The monoisotopic (exact) mass is 363 g/mol. The van der Waals surface area contributed by atoms with E-state index >= 15 is 0 Å². The Kier molecular flexibility index (Phi) is 4.13. The molecule has 1 N–H and O–H groups in total. The number of fused-ring (bicyclic) bond motifs is 1. The number of halogens is 1. The van der Waals surface area contributed by atoms with Crippen LogP contribution < -0.4 is 10.2 Å². The number of pyridine rings is 1. The van der Waals surface area contributed by atoms with Gasteiger partial charge in [-0.1, -0.05) is 35.4 Å². The van der Waals surface area contributed by atoms with E-state index in [4.69, 9.17) is 11.6 Å². The standard InChI is InChI=1S/C21H18ClN3O/c1-13-5-8-15(9-6-13)25-20(19-16(21(25)26)4-3-11-23-19)24-18-10-7-14(2)12-17(18)22/h3-12,20,24H,1-2H3/t20-/m1/s1. The summed E-state index contributed by atoms with van der Waals surface area (Å²) in [4.78, 5) is 19.2. The molecule has 3 aromatic rings. The molecule has 0 aliphatic carbocycles. The van der Waals surface area contributed by atoms with Crippen LogP contribution in [-0.4, -0.2) is 10.9 Å². The number of anilines is 2. The fraction of sp³-hybridized carbons (Fsp3) is 0.143. The SMILES string of the molecule is Cc1ccc(N2C(=O)c3cccnc3[C@@H]2Nc2ccc(C)cc2Cl)cc1. The van der Waals surface area contributed by atoms with Gasteiger partial charge in [0.05, 0.1) is 22.0 Å². The molecule has 4 rings (SSSR count). The predicted octanol–water partition coefficient (Wildman–Crippen LogP) is 5.12. The highest BCUT2D eigenvalue weighted by Crippen LogP contribution is 2.38. The maximum Gasteiger partial charge on any atom is 0.262 e. The largest absolute Gasteiger partial charge is 0.359 e. The molecule has 1 atom stereocenters. The molecule has 1 aliphatic heterocycles. The van der Waals surface area contributed by atoms with Crippen molar-refractivity contribution in [3.8, 4) is 0 Å². The normalized spacial score (nSPS) is 15.9. The molecule has 130 valence electrons. The van der Waals surface area contributed by atoms with Crippen molar-refractivity contribution in [2.24, 2.45) is 0 Å². The van der Waals surface area contributed by atoms with E-state index < -0.39 is 6.17 Å². The van der Waals surface area contributed by atoms with Crippen LogP contribution in [0.3, 0.4) is 0 Å². The number of aromatic nitrogens is 1. The van der Waals surface area contributed by atoms with E-state index in [2.05, 4.69) is 10.3 Å². The second kappa shape index (κ2) is 6.46. The quantitative estimate of drug-likeness (QED) is 0.702. The maximum absolute atomic E-state index is 13.0. The van der Waals surface area contributed by atoms with Crippen molar-refractivity contribution in [3.63, 3.8) is 0 Å². The smallest absolute Gasteiger partial charge is 0.262 e. The van der Waals surface area contributed by atoms with Gasteiger partial charge in [0.15, 0.2) is 6.17 Å². The molecule has 0 bridgehead atoms. The molecule has 0 fully saturated rings. The van der Waals surface area contributed by atoms with E-state index in [9.17, 15) is 4.79 Å². The summed E-state index contributed by atoms with van der Waals surface area (Å²) >= 11 is 6.40. The van der Waals surface area contributed by atoms with E-state index in [1.807, 2.05) is 62.4 Å². The van der Waals surface area contributed by atoms with Gasteiger partial charge in [-0.15, -0.1) is 0 Å². The van der Waals surface area contributed by atoms with Gasteiger partial charge < -0.3 is 5.32 Å². The molecular formula is C21H18ClN3O. The van der Waals surface area contributed by atoms with Crippen LogP contribution in [0.5, 0.6) is 0 Å². The summed E-state index contributed by atoms with van der Waals surface area (Å²) in [5.74, 6) is -0.0716. The zero-order chi connectivity index (χ0) is 18.3. The van der Waals surface area contributed by atoms with Gasteiger partial charge in [0.2, 0.25) is 0 Å². The summed E-state index contributed by atoms with van der Waals surface area (Å²) in [6.07, 6.45) is 1.29. The van der Waals surface area contributed by atoms with Crippen LogP contribution >= 0.6 is 11.6 Å². The lowest BCUT2D eigenvalue weighted by Crippen LogP contribution is -2.32. The van der Waals surface area contributed by atoms with Crippen LogP contribution in [0, 0.1) is 13.8 Å². The average molecular weight is 364 g/mol. The molecule has 1 aliphatic rings. The number of amides is 1. The third kappa shape index (κ3) is 2.82. The molecule has 1 aromatic heterocycles. The van der Waals surface area contributed by atoms with Crippen molar-refractivity contribution < 1.29 is 4.79 Å². The fourth-order valence-corrected chi connectivity index (χ4v) is 3.46. The highest BCUT2D eigenvalue weighted by Gasteiger charge is 2.39. The molecule has 26 heavy (non-hydrogen) atoms. The Morgan fingerprint density at radius 2 is 1.77 bits per heavy atom. The number of carbonyl (C=O) groups is 1. The van der Waals surface area contributed by atoms with Crippen molar-refractivity contribution in [1.82, 2.24) is 4.98 Å². The van der Waals surface area contributed by atoms with Crippen LogP contribution in [-0.2, 0) is 0 Å². The molecule has 5 heteroatoms. The number of rotatable bonds is 3. The van der Waals surface area contributed by atoms with Crippen molar-refractivity contribution in [1.29, 1.82) is 0 Å². The first kappa shape index (κ1) is 16.6. The molecule has 0 saturated heterocycles. The van der Waals surface area contributed by atoms with Gasteiger partial charge in [-0.3, -0.25) is 14.7 Å². The van der Waals surface area contributed by atoms with E-state index in [-0.39, 0.29) is 5.91 Å². The molecule has 2 heterocycles. The van der Waals surface area contributed by atoms with Crippen molar-refractivity contribution >= 4 is 28.9 Å². The summed E-state index contributed by atoms with van der Waals surface area (Å²) in [7, 11) is 0. The van der Waals surface area contributed by atoms with Crippen molar-refractivity contribution in [3.05, 3.63) is 88.2 Å². The lowest BCUT2D eigenvalue weighted by molar-refractivity contribution is 0.0993. The Balaban J connectivity index is 1.79. The number of hydrogen-bond donors (Lipinski definition) is 1. The van der Waals surface area contributed by atoms with Crippen molar-refractivity contribution in [2.75, 3.05) is 10.2 Å². The Labute approximate surface area is 157 Å². The Hall–Kier alpha value is -2.85. The highest BCUT2D eigenvalue weighted by molar-refractivity contribution is 6.33. The summed E-state index contributed by atoms with van der Waals surface area (Å²) in [6.45, 7) is 4.01. The summed E-state index contributed by atoms with van der Waals surface area (Å²) in [6, 6.07) is 17.3. The number of carbonyl (C=O) groups excluding carboxylic acids is 1. The highest BCUT2D eigenvalue weighted by atomic mass is 35.5. The van der Waals surface area contributed by atoms with Crippen LogP contribution in [0.2, 0.25) is 5.02 Å². The van der Waals surface area contributed by atoms with Gasteiger partial charge >= 0.3 is 0 Å². The van der Waals surface area contributed by atoms with Crippen LogP contribution in [0.25, 0.3) is 0 Å². The molecule has 2 aromatic carbocycles. The van der Waals surface area contributed by atoms with Gasteiger partial charge in [0, 0.05) is 11.9 Å². The van der Waals surface area contributed by atoms with Crippen LogP contribution in [0.15, 0.2) is 60.8 Å². The topological polar surface area (TPSA) is 45.2 Å². The molecule has 0 unspecified atom stereocenters. The molecule has 1 amide bonds. The van der Waals surface area contributed by atoms with Gasteiger partial charge in [-0.05, 0) is 55.8 Å². The number of hydrogen-bond acceptors (Lipinski definition) is 3. The number of aryl methyl sites for hydroxylation is 2. The molecule has 0 saturated carbocycles. The third-order valence-corrected chi connectivity index (χ3v) is 4.85. The molecule has 0 radical (unpaired) electrons. The van der Waals surface area contributed by atoms with Gasteiger partial charge in [0.1, 0.15) is 0 Å². The predicted molar refractivity (Wildman–Crippen MR) is 105 cm³/mol. The van der Waals surface area contributed by atoms with Gasteiger partial charge in [0.25, 0.3) is 5.91 Å². The third-order valence-electron chi connectivity index (χ3n) is 4.53. The van der Waals surface area contributed by atoms with E-state index in [0.29, 0.717) is 16.3 Å². The van der Waals surface area contributed by atoms with E-state index in [1.54, 1.807) is 17.2 Å². The fourth-order valence-electron chi connectivity index (χ4n) is 3.17. The van der Waals surface area contributed by atoms with Crippen molar-refractivity contribution in [2.45, 2.75) is 20.0 Å². The number of nitrogens with one attached hydrogen (secondary N) is 1. The first-order valence-electron chi connectivity index (χ1n) is 8.42. The average Bonchev–Trinajstić information content (AvgIpc) is 2.91. The minimum absolute atomic E-state index is 0.0716. The summed E-state index contributed by atoms with van der Waals surface area (Å²) in [5.41, 5.74) is 5.12. The summed E-state index contributed by atoms with van der Waals surface area (Å²) in [5, 5.41) is 4.01. The molecule has 0 spiro atoms. The zero-order valence-corrected chi connectivity index (χ0v) is 15.3. The second-order valence-electron chi connectivity index (χ2n) is 6.48. The minimum Gasteiger partial charge on any atom is -0.359 e. The molecular weight excluding hydrogens is 346 g/mol.